The second-order valence-electron chi connectivity index (χ2n) is 2.54. The molecule has 0 aliphatic carbocycles. The third kappa shape index (κ3) is 1.31. The highest BCUT2D eigenvalue weighted by atomic mass is 35.5. The Bertz CT molecular complexity index is 510. The number of halogens is 1. The van der Waals surface area contributed by atoms with E-state index in [-0.39, 0.29) is 0 Å². The summed E-state index contributed by atoms with van der Waals surface area (Å²) in [5.74, 6) is 0. The first-order valence-electron chi connectivity index (χ1n) is 3.53. The van der Waals surface area contributed by atoms with Crippen LogP contribution in [0.5, 0.6) is 0 Å². The molecule has 0 saturated heterocycles. The van der Waals surface area contributed by atoms with Gasteiger partial charge < -0.3 is 0 Å². The average molecular weight is 226 g/mol. The van der Waals surface area contributed by atoms with Gasteiger partial charge in [0.25, 0.3) is 0 Å². The SMILES string of the molecule is N#Cc1ccc2c(S)csc2c1Cl. The summed E-state index contributed by atoms with van der Waals surface area (Å²) in [7, 11) is 0. The molecule has 0 fully saturated rings. The van der Waals surface area contributed by atoms with Crippen LogP contribution in [0, 0.1) is 11.3 Å². The molecule has 13 heavy (non-hydrogen) atoms. The first-order valence-corrected chi connectivity index (χ1v) is 5.23. The second kappa shape index (κ2) is 3.22. The lowest BCUT2D eigenvalue weighted by Gasteiger charge is -1.96. The highest BCUT2D eigenvalue weighted by Gasteiger charge is 2.08. The summed E-state index contributed by atoms with van der Waals surface area (Å²) in [5.41, 5.74) is 0.518. The van der Waals surface area contributed by atoms with Crippen LogP contribution >= 0.6 is 35.6 Å². The number of nitrogens with zero attached hydrogens (tertiary/aromatic N) is 1. The van der Waals surface area contributed by atoms with E-state index in [1.54, 1.807) is 6.07 Å². The van der Waals surface area contributed by atoms with Gasteiger partial charge in [-0.1, -0.05) is 17.7 Å². The van der Waals surface area contributed by atoms with Crippen molar-refractivity contribution in [2.24, 2.45) is 0 Å². The van der Waals surface area contributed by atoms with Crippen LogP contribution in [0.25, 0.3) is 10.1 Å². The quantitative estimate of drug-likeness (QED) is 0.679. The Labute approximate surface area is 90.0 Å². The number of thiol groups is 1. The van der Waals surface area contributed by atoms with Crippen molar-refractivity contribution in [3.8, 4) is 6.07 Å². The molecular formula is C9H4ClNS2. The molecule has 0 saturated carbocycles. The first kappa shape index (κ1) is 8.89. The lowest BCUT2D eigenvalue weighted by atomic mass is 10.2. The number of benzene rings is 1. The van der Waals surface area contributed by atoms with Gasteiger partial charge >= 0.3 is 0 Å². The molecule has 0 aliphatic rings. The van der Waals surface area contributed by atoms with Crippen LogP contribution in [-0.2, 0) is 0 Å². The number of hydrogen-bond donors (Lipinski definition) is 1. The predicted molar refractivity (Wildman–Crippen MR) is 58.8 cm³/mol. The van der Waals surface area contributed by atoms with E-state index in [9.17, 15) is 0 Å². The summed E-state index contributed by atoms with van der Waals surface area (Å²) in [4.78, 5) is 0.909. The molecular weight excluding hydrogens is 222 g/mol. The zero-order valence-electron chi connectivity index (χ0n) is 6.41. The van der Waals surface area contributed by atoms with E-state index < -0.39 is 0 Å². The van der Waals surface area contributed by atoms with E-state index in [0.29, 0.717) is 10.6 Å². The van der Waals surface area contributed by atoms with Gasteiger partial charge in [0.2, 0.25) is 0 Å². The van der Waals surface area contributed by atoms with E-state index in [2.05, 4.69) is 12.6 Å². The van der Waals surface area contributed by atoms with Crippen LogP contribution in [-0.4, -0.2) is 0 Å². The molecule has 0 radical (unpaired) electrons. The number of thiophene rings is 1. The monoisotopic (exact) mass is 225 g/mol. The zero-order valence-corrected chi connectivity index (χ0v) is 8.88. The lowest BCUT2D eigenvalue weighted by Crippen LogP contribution is -1.75. The molecule has 4 heteroatoms. The molecule has 2 aromatic rings. The molecule has 2 rings (SSSR count). The van der Waals surface area contributed by atoms with Crippen LogP contribution < -0.4 is 0 Å². The Morgan fingerprint density at radius 2 is 2.23 bits per heavy atom. The fraction of sp³-hybridized carbons (Fsp3) is 0. The van der Waals surface area contributed by atoms with Gasteiger partial charge in [-0.05, 0) is 6.07 Å². The van der Waals surface area contributed by atoms with Gasteiger partial charge in [0.1, 0.15) is 6.07 Å². The van der Waals surface area contributed by atoms with Gasteiger partial charge in [-0.15, -0.1) is 24.0 Å². The Balaban J connectivity index is 2.90. The number of rotatable bonds is 0. The molecule has 1 nitrogen and oxygen atoms in total. The van der Waals surface area contributed by atoms with Crippen LogP contribution in [0.1, 0.15) is 5.56 Å². The van der Waals surface area contributed by atoms with E-state index >= 15 is 0 Å². The maximum absolute atomic E-state index is 8.74. The molecule has 1 heterocycles. The van der Waals surface area contributed by atoms with Crippen molar-refractivity contribution in [3.63, 3.8) is 0 Å². The van der Waals surface area contributed by atoms with Gasteiger partial charge in [-0.25, -0.2) is 0 Å². The summed E-state index contributed by atoms with van der Waals surface area (Å²) < 4.78 is 0.936. The maximum atomic E-state index is 8.74. The smallest absolute Gasteiger partial charge is 0.101 e. The predicted octanol–water partition coefficient (Wildman–Crippen LogP) is 3.72. The lowest BCUT2D eigenvalue weighted by molar-refractivity contribution is 1.50. The third-order valence-electron chi connectivity index (χ3n) is 1.78. The molecule has 0 spiro atoms. The topological polar surface area (TPSA) is 23.8 Å². The minimum absolute atomic E-state index is 0.518. The Hall–Kier alpha value is -0.690. The van der Waals surface area contributed by atoms with Gasteiger partial charge in [-0.3, -0.25) is 0 Å². The summed E-state index contributed by atoms with van der Waals surface area (Å²) in [6, 6.07) is 5.64. The molecule has 0 unspecified atom stereocenters. The van der Waals surface area contributed by atoms with E-state index in [4.69, 9.17) is 16.9 Å². The highest BCUT2D eigenvalue weighted by Crippen LogP contribution is 2.35. The minimum atomic E-state index is 0.518. The molecule has 0 bridgehead atoms. The van der Waals surface area contributed by atoms with Gasteiger partial charge in [0.15, 0.2) is 0 Å². The zero-order chi connectivity index (χ0) is 9.42. The van der Waals surface area contributed by atoms with Crippen LogP contribution in [0.3, 0.4) is 0 Å². The van der Waals surface area contributed by atoms with Crippen LogP contribution in [0.2, 0.25) is 5.02 Å². The first-order chi connectivity index (χ1) is 6.24. The van der Waals surface area contributed by atoms with Crippen molar-refractivity contribution in [2.75, 3.05) is 0 Å². The number of nitriles is 1. The fourth-order valence-electron chi connectivity index (χ4n) is 1.14. The van der Waals surface area contributed by atoms with Crippen LogP contribution in [0.4, 0.5) is 0 Å². The molecule has 0 aliphatic heterocycles. The Morgan fingerprint density at radius 1 is 1.46 bits per heavy atom. The average Bonchev–Trinajstić information content (AvgIpc) is 2.50. The molecule has 0 atom stereocenters. The molecule has 1 aromatic carbocycles. The Kier molecular flexibility index (Phi) is 2.20. The van der Waals surface area contributed by atoms with Crippen molar-refractivity contribution in [2.45, 2.75) is 4.90 Å². The second-order valence-corrected chi connectivity index (χ2v) is 4.28. The van der Waals surface area contributed by atoms with Crippen molar-refractivity contribution in [1.29, 1.82) is 5.26 Å². The van der Waals surface area contributed by atoms with E-state index in [1.165, 1.54) is 11.3 Å². The Morgan fingerprint density at radius 3 is 2.92 bits per heavy atom. The van der Waals surface area contributed by atoms with E-state index in [0.717, 1.165) is 15.0 Å². The van der Waals surface area contributed by atoms with Gasteiger partial charge in [-0.2, -0.15) is 5.26 Å². The third-order valence-corrected chi connectivity index (χ3v) is 3.84. The summed E-state index contributed by atoms with van der Waals surface area (Å²) in [6.45, 7) is 0. The van der Waals surface area contributed by atoms with Crippen molar-refractivity contribution in [3.05, 3.63) is 28.1 Å². The highest BCUT2D eigenvalue weighted by molar-refractivity contribution is 7.80. The number of fused-ring (bicyclic) bond motifs is 1. The van der Waals surface area contributed by atoms with Crippen molar-refractivity contribution < 1.29 is 0 Å². The number of hydrogen-bond acceptors (Lipinski definition) is 3. The summed E-state index contributed by atoms with van der Waals surface area (Å²) in [6.07, 6.45) is 0. The minimum Gasteiger partial charge on any atom is -0.192 e. The molecule has 0 N–H and O–H groups in total. The summed E-state index contributed by atoms with van der Waals surface area (Å²) in [5, 5.41) is 12.2. The van der Waals surface area contributed by atoms with E-state index in [1.807, 2.05) is 17.5 Å². The normalized spacial score (nSPS) is 10.2. The molecule has 0 amide bonds. The van der Waals surface area contributed by atoms with Crippen molar-refractivity contribution in [1.82, 2.24) is 0 Å². The summed E-state index contributed by atoms with van der Waals surface area (Å²) >= 11 is 11.8. The van der Waals surface area contributed by atoms with Gasteiger partial charge in [0.05, 0.1) is 15.3 Å². The largest absolute Gasteiger partial charge is 0.192 e. The van der Waals surface area contributed by atoms with Crippen molar-refractivity contribution >= 4 is 45.7 Å². The fourth-order valence-corrected chi connectivity index (χ4v) is 2.77. The standard InChI is InChI=1S/C9H4ClNS2/c10-8-5(3-11)1-2-6-7(12)4-13-9(6)8/h1-2,4,12H. The maximum Gasteiger partial charge on any atom is 0.101 e. The molecule has 1 aromatic heterocycles. The molecule has 64 valence electrons. The van der Waals surface area contributed by atoms with Crippen LogP contribution in [0.15, 0.2) is 22.4 Å². The van der Waals surface area contributed by atoms with Gasteiger partial charge in [0, 0.05) is 15.7 Å².